The van der Waals surface area contributed by atoms with E-state index in [1.54, 1.807) is 4.57 Å². The van der Waals surface area contributed by atoms with Gasteiger partial charge in [-0.25, -0.2) is 4.98 Å². The third-order valence-corrected chi connectivity index (χ3v) is 3.19. The van der Waals surface area contributed by atoms with Crippen LogP contribution in [0, 0.1) is 0 Å². The fraction of sp³-hybridized carbons (Fsp3) is 0.500. The van der Waals surface area contributed by atoms with Crippen molar-refractivity contribution < 1.29 is 9.84 Å². The molecule has 0 amide bonds. The fourth-order valence-corrected chi connectivity index (χ4v) is 2.32. The lowest BCUT2D eigenvalue weighted by atomic mass is 10.2. The van der Waals surface area contributed by atoms with Crippen molar-refractivity contribution in [3.05, 3.63) is 0 Å². The van der Waals surface area contributed by atoms with Gasteiger partial charge >= 0.3 is 0 Å². The number of hydrogen-bond donors (Lipinski definition) is 4. The fourth-order valence-electron chi connectivity index (χ4n) is 2.32. The van der Waals surface area contributed by atoms with Gasteiger partial charge in [0.1, 0.15) is 6.23 Å². The first kappa shape index (κ1) is 11.9. The highest BCUT2D eigenvalue weighted by molar-refractivity contribution is 5.85. The van der Waals surface area contributed by atoms with Crippen LogP contribution in [0.5, 0.6) is 0 Å². The van der Waals surface area contributed by atoms with Gasteiger partial charge in [-0.05, 0) is 12.8 Å². The summed E-state index contributed by atoms with van der Waals surface area (Å²) in [5.41, 5.74) is 18.1. The highest BCUT2D eigenvalue weighted by Gasteiger charge is 2.29. The summed E-state index contributed by atoms with van der Waals surface area (Å²) in [5, 5.41) is 9.11. The molecule has 7 N–H and O–H groups in total. The summed E-state index contributed by atoms with van der Waals surface area (Å²) in [6.07, 6.45) is 0.940. The molecule has 0 aliphatic carbocycles. The van der Waals surface area contributed by atoms with E-state index in [0.717, 1.165) is 6.42 Å². The van der Waals surface area contributed by atoms with E-state index in [0.29, 0.717) is 17.6 Å². The van der Waals surface area contributed by atoms with Gasteiger partial charge in [0.2, 0.25) is 11.9 Å². The SMILES string of the molecule is Nc1nc(N)c2nc(N)n([C@H]3CC[C@@H](CO)O3)c2n1. The van der Waals surface area contributed by atoms with Gasteiger partial charge in [0.25, 0.3) is 0 Å². The van der Waals surface area contributed by atoms with Crippen LogP contribution in [0.3, 0.4) is 0 Å². The minimum absolute atomic E-state index is 0.0255. The zero-order valence-corrected chi connectivity index (χ0v) is 10.2. The highest BCUT2D eigenvalue weighted by atomic mass is 16.5. The Morgan fingerprint density at radius 3 is 2.68 bits per heavy atom. The van der Waals surface area contributed by atoms with E-state index in [-0.39, 0.29) is 36.7 Å². The van der Waals surface area contributed by atoms with E-state index in [1.165, 1.54) is 0 Å². The molecular formula is C10H15N7O2. The predicted molar refractivity (Wildman–Crippen MR) is 68.8 cm³/mol. The van der Waals surface area contributed by atoms with Crippen molar-refractivity contribution in [2.45, 2.75) is 25.2 Å². The molecule has 1 fully saturated rings. The number of fused-ring (bicyclic) bond motifs is 1. The Kier molecular flexibility index (Phi) is 2.64. The van der Waals surface area contributed by atoms with E-state index in [2.05, 4.69) is 15.0 Å². The van der Waals surface area contributed by atoms with Crippen molar-refractivity contribution in [2.75, 3.05) is 23.8 Å². The molecule has 0 bridgehead atoms. The van der Waals surface area contributed by atoms with E-state index < -0.39 is 0 Å². The number of ether oxygens (including phenoxy) is 1. The normalized spacial score (nSPS) is 23.2. The second kappa shape index (κ2) is 4.21. The first-order valence-electron chi connectivity index (χ1n) is 5.93. The van der Waals surface area contributed by atoms with Crippen LogP contribution in [0.1, 0.15) is 19.1 Å². The van der Waals surface area contributed by atoms with Crippen molar-refractivity contribution in [3.8, 4) is 0 Å². The Labute approximate surface area is 108 Å². The molecule has 19 heavy (non-hydrogen) atoms. The van der Waals surface area contributed by atoms with Crippen molar-refractivity contribution in [2.24, 2.45) is 0 Å². The van der Waals surface area contributed by atoms with Gasteiger partial charge in [0.15, 0.2) is 17.0 Å². The van der Waals surface area contributed by atoms with Gasteiger partial charge in [-0.3, -0.25) is 4.57 Å². The Hall–Kier alpha value is -2.13. The van der Waals surface area contributed by atoms with Crippen molar-refractivity contribution in [1.29, 1.82) is 0 Å². The number of rotatable bonds is 2. The molecule has 9 nitrogen and oxygen atoms in total. The Morgan fingerprint density at radius 2 is 2.00 bits per heavy atom. The lowest BCUT2D eigenvalue weighted by molar-refractivity contribution is -0.0196. The van der Waals surface area contributed by atoms with E-state index >= 15 is 0 Å². The molecule has 1 saturated heterocycles. The molecule has 1 aliphatic rings. The summed E-state index contributed by atoms with van der Waals surface area (Å²) in [6.45, 7) is -0.0255. The van der Waals surface area contributed by atoms with Crippen molar-refractivity contribution in [1.82, 2.24) is 19.5 Å². The molecule has 0 radical (unpaired) electrons. The van der Waals surface area contributed by atoms with E-state index in [1.807, 2.05) is 0 Å². The lowest BCUT2D eigenvalue weighted by Gasteiger charge is -2.15. The zero-order valence-electron chi connectivity index (χ0n) is 10.2. The molecule has 3 rings (SSSR count). The highest BCUT2D eigenvalue weighted by Crippen LogP contribution is 2.33. The summed E-state index contributed by atoms with van der Waals surface area (Å²) in [7, 11) is 0. The van der Waals surface area contributed by atoms with E-state index in [9.17, 15) is 0 Å². The maximum atomic E-state index is 9.11. The molecule has 3 heterocycles. The van der Waals surface area contributed by atoms with Gasteiger partial charge in [-0.15, -0.1) is 0 Å². The molecular weight excluding hydrogens is 250 g/mol. The average Bonchev–Trinajstić information content (AvgIpc) is 2.93. The summed E-state index contributed by atoms with van der Waals surface area (Å²) in [5.74, 6) is 0.484. The molecule has 0 spiro atoms. The monoisotopic (exact) mass is 265 g/mol. The predicted octanol–water partition coefficient (Wildman–Crippen LogP) is -0.757. The van der Waals surface area contributed by atoms with Crippen LogP contribution in [0.25, 0.3) is 11.2 Å². The number of anilines is 3. The number of aromatic nitrogens is 4. The largest absolute Gasteiger partial charge is 0.394 e. The molecule has 0 unspecified atom stereocenters. The number of imidazole rings is 1. The molecule has 2 aromatic heterocycles. The zero-order chi connectivity index (χ0) is 13.6. The average molecular weight is 265 g/mol. The third-order valence-electron chi connectivity index (χ3n) is 3.19. The number of hydrogen-bond acceptors (Lipinski definition) is 8. The van der Waals surface area contributed by atoms with Crippen LogP contribution in [-0.2, 0) is 4.74 Å². The van der Waals surface area contributed by atoms with Crippen molar-refractivity contribution in [3.63, 3.8) is 0 Å². The standard InChI is InChI=1S/C10H15N7O2/c11-7-6-8(16-9(12)15-7)17(10(13)14-6)5-2-1-4(3-18)19-5/h4-5,18H,1-3H2,(H2,13,14)(H4,11,12,15,16)/t4-,5+/m0/s1. The second-order valence-electron chi connectivity index (χ2n) is 4.45. The van der Waals surface area contributed by atoms with Gasteiger partial charge in [-0.1, -0.05) is 0 Å². The molecule has 9 heteroatoms. The van der Waals surface area contributed by atoms with Gasteiger partial charge in [0, 0.05) is 0 Å². The minimum Gasteiger partial charge on any atom is -0.394 e. The number of aliphatic hydroxyl groups is 1. The van der Waals surface area contributed by atoms with Crippen LogP contribution in [0.15, 0.2) is 0 Å². The van der Waals surface area contributed by atoms with Gasteiger partial charge in [-0.2, -0.15) is 9.97 Å². The number of nitrogens with zero attached hydrogens (tertiary/aromatic N) is 4. The first-order chi connectivity index (χ1) is 9.10. The lowest BCUT2D eigenvalue weighted by Crippen LogP contribution is -2.16. The Balaban J connectivity index is 2.11. The maximum absolute atomic E-state index is 9.11. The third kappa shape index (κ3) is 1.83. The smallest absolute Gasteiger partial charge is 0.224 e. The molecule has 0 aromatic carbocycles. The van der Waals surface area contributed by atoms with Gasteiger partial charge < -0.3 is 27.0 Å². The van der Waals surface area contributed by atoms with Crippen LogP contribution < -0.4 is 17.2 Å². The molecule has 2 atom stereocenters. The summed E-state index contributed by atoms with van der Waals surface area (Å²) in [6, 6.07) is 0. The number of aliphatic hydroxyl groups excluding tert-OH is 1. The Bertz CT molecular complexity index is 626. The summed E-state index contributed by atoms with van der Waals surface area (Å²) >= 11 is 0. The summed E-state index contributed by atoms with van der Waals surface area (Å²) < 4.78 is 7.31. The topological polar surface area (TPSA) is 151 Å². The van der Waals surface area contributed by atoms with Crippen molar-refractivity contribution >= 4 is 28.9 Å². The molecule has 102 valence electrons. The Morgan fingerprint density at radius 1 is 1.21 bits per heavy atom. The second-order valence-corrected chi connectivity index (χ2v) is 4.45. The number of nitrogen functional groups attached to an aromatic ring is 3. The molecule has 0 saturated carbocycles. The maximum Gasteiger partial charge on any atom is 0.224 e. The first-order valence-corrected chi connectivity index (χ1v) is 5.93. The van der Waals surface area contributed by atoms with Crippen LogP contribution in [-0.4, -0.2) is 37.3 Å². The van der Waals surface area contributed by atoms with Crippen LogP contribution in [0.2, 0.25) is 0 Å². The quantitative estimate of drug-likeness (QED) is 0.553. The molecule has 2 aromatic rings. The number of nitrogens with two attached hydrogens (primary N) is 3. The summed E-state index contributed by atoms with van der Waals surface area (Å²) in [4.78, 5) is 12.1. The van der Waals surface area contributed by atoms with E-state index in [4.69, 9.17) is 27.0 Å². The van der Waals surface area contributed by atoms with Crippen LogP contribution >= 0.6 is 0 Å². The molecule has 1 aliphatic heterocycles. The minimum atomic E-state index is -0.323. The van der Waals surface area contributed by atoms with Crippen LogP contribution in [0.4, 0.5) is 17.7 Å². The van der Waals surface area contributed by atoms with Gasteiger partial charge in [0.05, 0.1) is 12.7 Å².